The molecule has 14 heavy (non-hydrogen) atoms. The third-order valence-corrected chi connectivity index (χ3v) is 3.29. The van der Waals surface area contributed by atoms with Crippen LogP contribution in [0.5, 0.6) is 0 Å². The maximum absolute atomic E-state index is 11.1. The predicted molar refractivity (Wildman–Crippen MR) is 56.0 cm³/mol. The van der Waals surface area contributed by atoms with E-state index in [1.165, 1.54) is 32.4 Å². The van der Waals surface area contributed by atoms with Crippen LogP contribution >= 0.6 is 0 Å². The van der Waals surface area contributed by atoms with Crippen LogP contribution in [0.1, 0.15) is 32.6 Å². The maximum atomic E-state index is 11.1. The van der Waals surface area contributed by atoms with Crippen LogP contribution in [0.3, 0.4) is 0 Å². The van der Waals surface area contributed by atoms with Gasteiger partial charge in [0, 0.05) is 25.6 Å². The highest BCUT2D eigenvalue weighted by Crippen LogP contribution is 2.31. The van der Waals surface area contributed by atoms with Crippen LogP contribution in [0, 0.1) is 5.92 Å². The van der Waals surface area contributed by atoms with E-state index in [9.17, 15) is 4.79 Å². The monoisotopic (exact) mass is 196 g/mol. The average molecular weight is 196 g/mol. The Morgan fingerprint density at radius 2 is 2.21 bits per heavy atom. The van der Waals surface area contributed by atoms with Gasteiger partial charge in [0.15, 0.2) is 0 Å². The molecule has 1 amide bonds. The molecule has 0 aromatic carbocycles. The summed E-state index contributed by atoms with van der Waals surface area (Å²) in [4.78, 5) is 13.7. The number of nitrogens with one attached hydrogen (secondary N) is 1. The highest BCUT2D eigenvalue weighted by Gasteiger charge is 2.34. The summed E-state index contributed by atoms with van der Waals surface area (Å²) in [6, 6.07) is 0.891. The Hall–Kier alpha value is -0.570. The van der Waals surface area contributed by atoms with Gasteiger partial charge in [0.05, 0.1) is 0 Å². The molecule has 2 fully saturated rings. The van der Waals surface area contributed by atoms with Crippen molar-refractivity contribution in [1.82, 2.24) is 10.2 Å². The van der Waals surface area contributed by atoms with Gasteiger partial charge >= 0.3 is 0 Å². The van der Waals surface area contributed by atoms with Gasteiger partial charge in [-0.05, 0) is 31.7 Å². The fourth-order valence-corrected chi connectivity index (χ4v) is 2.18. The van der Waals surface area contributed by atoms with Crippen molar-refractivity contribution in [3.05, 3.63) is 0 Å². The van der Waals surface area contributed by atoms with Crippen molar-refractivity contribution in [2.75, 3.05) is 19.6 Å². The molecule has 1 N–H and O–H groups in total. The standard InChI is InChI=1S/C11H20N2O/c1-2-11(14)12-7-9-5-6-13(8-9)10-3-4-10/h9-10H,2-8H2,1H3,(H,12,14). The Balaban J connectivity index is 1.65. The summed E-state index contributed by atoms with van der Waals surface area (Å²) in [5, 5.41) is 2.99. The summed E-state index contributed by atoms with van der Waals surface area (Å²) in [5.74, 6) is 0.890. The number of amides is 1. The second kappa shape index (κ2) is 4.30. The van der Waals surface area contributed by atoms with Crippen molar-refractivity contribution >= 4 is 5.91 Å². The lowest BCUT2D eigenvalue weighted by Crippen LogP contribution is -2.30. The molecule has 1 heterocycles. The van der Waals surface area contributed by atoms with Crippen LogP contribution in [-0.4, -0.2) is 36.5 Å². The first kappa shape index (κ1) is 9.97. The normalized spacial score (nSPS) is 27.9. The summed E-state index contributed by atoms with van der Waals surface area (Å²) < 4.78 is 0. The van der Waals surface area contributed by atoms with Crippen LogP contribution in [0.15, 0.2) is 0 Å². The fourth-order valence-electron chi connectivity index (χ4n) is 2.18. The predicted octanol–water partition coefficient (Wildman–Crippen LogP) is 0.997. The Labute approximate surface area is 85.8 Å². The third-order valence-electron chi connectivity index (χ3n) is 3.29. The molecule has 0 radical (unpaired) electrons. The molecule has 1 saturated carbocycles. The molecular weight excluding hydrogens is 176 g/mol. The van der Waals surface area contributed by atoms with Crippen LogP contribution in [-0.2, 0) is 4.79 Å². The van der Waals surface area contributed by atoms with Crippen LogP contribution in [0.2, 0.25) is 0 Å². The SMILES string of the molecule is CCC(=O)NCC1CCN(C2CC2)C1. The Morgan fingerprint density at radius 1 is 1.43 bits per heavy atom. The molecule has 2 rings (SSSR count). The number of carbonyl (C=O) groups excluding carboxylic acids is 1. The summed E-state index contributed by atoms with van der Waals surface area (Å²) in [7, 11) is 0. The molecule has 1 aliphatic heterocycles. The minimum Gasteiger partial charge on any atom is -0.356 e. The smallest absolute Gasteiger partial charge is 0.219 e. The highest BCUT2D eigenvalue weighted by molar-refractivity contribution is 5.75. The summed E-state index contributed by atoms with van der Waals surface area (Å²) >= 11 is 0. The van der Waals surface area contributed by atoms with Gasteiger partial charge in [0.25, 0.3) is 0 Å². The van der Waals surface area contributed by atoms with Gasteiger partial charge in [-0.3, -0.25) is 4.79 Å². The van der Waals surface area contributed by atoms with E-state index in [-0.39, 0.29) is 5.91 Å². The largest absolute Gasteiger partial charge is 0.356 e. The minimum atomic E-state index is 0.190. The second-order valence-electron chi connectivity index (χ2n) is 4.54. The zero-order valence-electron chi connectivity index (χ0n) is 8.96. The van der Waals surface area contributed by atoms with E-state index in [1.54, 1.807) is 0 Å². The first-order valence-corrected chi connectivity index (χ1v) is 5.80. The van der Waals surface area contributed by atoms with Crippen LogP contribution in [0.4, 0.5) is 0 Å². The van der Waals surface area contributed by atoms with Gasteiger partial charge < -0.3 is 10.2 Å². The quantitative estimate of drug-likeness (QED) is 0.727. The zero-order chi connectivity index (χ0) is 9.97. The number of carbonyl (C=O) groups is 1. The molecule has 80 valence electrons. The van der Waals surface area contributed by atoms with Gasteiger partial charge in [-0.2, -0.15) is 0 Å². The molecule has 1 aliphatic carbocycles. The molecular formula is C11H20N2O. The minimum absolute atomic E-state index is 0.190. The summed E-state index contributed by atoms with van der Waals surface area (Å²) in [6.07, 6.45) is 4.67. The highest BCUT2D eigenvalue weighted by atomic mass is 16.1. The van der Waals surface area contributed by atoms with Crippen molar-refractivity contribution in [2.24, 2.45) is 5.92 Å². The Morgan fingerprint density at radius 3 is 2.86 bits per heavy atom. The number of nitrogens with zero attached hydrogens (tertiary/aromatic N) is 1. The summed E-state index contributed by atoms with van der Waals surface area (Å²) in [6.45, 7) is 5.24. The van der Waals surface area contributed by atoms with Crippen LogP contribution < -0.4 is 5.32 Å². The van der Waals surface area contributed by atoms with Gasteiger partial charge in [-0.1, -0.05) is 6.92 Å². The van der Waals surface area contributed by atoms with E-state index in [0.29, 0.717) is 12.3 Å². The average Bonchev–Trinajstić information content (AvgIpc) is 2.95. The molecule has 1 unspecified atom stereocenters. The van der Waals surface area contributed by atoms with Crippen molar-refractivity contribution in [3.8, 4) is 0 Å². The summed E-state index contributed by atoms with van der Waals surface area (Å²) in [5.41, 5.74) is 0. The molecule has 0 aromatic heterocycles. The lowest BCUT2D eigenvalue weighted by molar-refractivity contribution is -0.120. The van der Waals surface area contributed by atoms with E-state index in [2.05, 4.69) is 10.2 Å². The number of rotatable bonds is 4. The van der Waals surface area contributed by atoms with E-state index >= 15 is 0 Å². The number of hydrogen-bond donors (Lipinski definition) is 1. The molecule has 1 atom stereocenters. The van der Waals surface area contributed by atoms with Gasteiger partial charge in [-0.25, -0.2) is 0 Å². The van der Waals surface area contributed by atoms with E-state index < -0.39 is 0 Å². The molecule has 0 spiro atoms. The van der Waals surface area contributed by atoms with Gasteiger partial charge in [-0.15, -0.1) is 0 Å². The third kappa shape index (κ3) is 2.47. The van der Waals surface area contributed by atoms with Gasteiger partial charge in [0.2, 0.25) is 5.91 Å². The van der Waals surface area contributed by atoms with E-state index in [0.717, 1.165) is 12.6 Å². The van der Waals surface area contributed by atoms with Crippen molar-refractivity contribution < 1.29 is 4.79 Å². The molecule has 0 aromatic rings. The first-order valence-electron chi connectivity index (χ1n) is 5.80. The molecule has 3 heteroatoms. The number of hydrogen-bond acceptors (Lipinski definition) is 2. The first-order chi connectivity index (χ1) is 6.79. The van der Waals surface area contributed by atoms with Crippen molar-refractivity contribution in [3.63, 3.8) is 0 Å². The molecule has 0 bridgehead atoms. The lowest BCUT2D eigenvalue weighted by atomic mass is 10.1. The van der Waals surface area contributed by atoms with Crippen LogP contribution in [0.25, 0.3) is 0 Å². The lowest BCUT2D eigenvalue weighted by Gasteiger charge is -2.14. The zero-order valence-corrected chi connectivity index (χ0v) is 8.96. The molecule has 1 saturated heterocycles. The van der Waals surface area contributed by atoms with Crippen molar-refractivity contribution in [1.29, 1.82) is 0 Å². The maximum Gasteiger partial charge on any atom is 0.219 e. The van der Waals surface area contributed by atoms with E-state index in [1.807, 2.05) is 6.92 Å². The second-order valence-corrected chi connectivity index (χ2v) is 4.54. The molecule has 3 nitrogen and oxygen atoms in total. The topological polar surface area (TPSA) is 32.3 Å². The Kier molecular flexibility index (Phi) is 3.06. The van der Waals surface area contributed by atoms with E-state index in [4.69, 9.17) is 0 Å². The fraction of sp³-hybridized carbons (Fsp3) is 0.909. The van der Waals surface area contributed by atoms with Gasteiger partial charge in [0.1, 0.15) is 0 Å². The molecule has 2 aliphatic rings. The Bertz CT molecular complexity index is 213. The number of likely N-dealkylation sites (tertiary alicyclic amines) is 1. The van der Waals surface area contributed by atoms with Crippen molar-refractivity contribution in [2.45, 2.75) is 38.6 Å².